The van der Waals surface area contributed by atoms with Crippen molar-refractivity contribution in [2.75, 3.05) is 0 Å². The molecule has 5 nitrogen and oxygen atoms in total. The zero-order valence-corrected chi connectivity index (χ0v) is 11.7. The third kappa shape index (κ3) is 2.83. The quantitative estimate of drug-likeness (QED) is 0.576. The molecule has 0 fully saturated rings. The Hall–Kier alpha value is -2.53. The van der Waals surface area contributed by atoms with Gasteiger partial charge in [-0.15, -0.1) is 12.4 Å². The fourth-order valence-corrected chi connectivity index (χ4v) is 2.08. The summed E-state index contributed by atoms with van der Waals surface area (Å²) < 4.78 is 1.75. The molecule has 108 valence electrons. The topological polar surface area (TPSA) is 75.4 Å². The summed E-state index contributed by atoms with van der Waals surface area (Å²) >= 11 is 0. The molecule has 0 aliphatic carbocycles. The van der Waals surface area contributed by atoms with Crippen molar-refractivity contribution >= 4 is 29.2 Å². The number of nitrogens with zero attached hydrogens (tertiary/aromatic N) is 2. The summed E-state index contributed by atoms with van der Waals surface area (Å²) in [5, 5.41) is 18.7. The zero-order valence-electron chi connectivity index (χ0n) is 10.9. The van der Waals surface area contributed by atoms with Crippen molar-refractivity contribution in [3.63, 3.8) is 0 Å². The summed E-state index contributed by atoms with van der Waals surface area (Å²) in [6, 6.07) is 11.6. The molecular weight excluding hydrogens is 292 g/mol. The Bertz CT molecular complexity index is 798. The van der Waals surface area contributed by atoms with Gasteiger partial charge in [0, 0.05) is 5.56 Å². The number of aromatic hydroxyl groups is 2. The molecule has 2 N–H and O–H groups in total. The lowest BCUT2D eigenvalue weighted by atomic mass is 10.1. The van der Waals surface area contributed by atoms with Gasteiger partial charge < -0.3 is 14.8 Å². The average molecular weight is 305 g/mol. The highest BCUT2D eigenvalue weighted by Crippen LogP contribution is 2.25. The lowest BCUT2D eigenvalue weighted by Crippen LogP contribution is -2.09. The van der Waals surface area contributed by atoms with Gasteiger partial charge in [-0.3, -0.25) is 4.79 Å². The van der Waals surface area contributed by atoms with Crippen LogP contribution in [-0.4, -0.2) is 25.5 Å². The van der Waals surface area contributed by atoms with E-state index in [1.165, 1.54) is 18.2 Å². The zero-order chi connectivity index (χ0) is 14.1. The standard InChI is InChI=1S/C15H12N2O3.ClH/c18-13-6-5-10(7-14(13)19)15(20)8-17-9-16-11-3-1-2-4-12(11)17;/h1-7,9,18-19H,8H2;1H. The Labute approximate surface area is 126 Å². The van der Waals surface area contributed by atoms with E-state index in [4.69, 9.17) is 0 Å². The van der Waals surface area contributed by atoms with E-state index in [9.17, 15) is 15.0 Å². The highest BCUT2D eigenvalue weighted by molar-refractivity contribution is 5.97. The largest absolute Gasteiger partial charge is 0.504 e. The molecular formula is C15H13ClN2O3. The second-order valence-corrected chi connectivity index (χ2v) is 4.49. The number of hydrogen-bond acceptors (Lipinski definition) is 4. The summed E-state index contributed by atoms with van der Waals surface area (Å²) in [5.41, 5.74) is 2.05. The normalized spacial score (nSPS) is 10.3. The fraction of sp³-hybridized carbons (Fsp3) is 0.0667. The molecule has 0 bridgehead atoms. The van der Waals surface area contributed by atoms with Crippen LogP contribution in [0.3, 0.4) is 0 Å². The number of benzene rings is 2. The molecule has 0 spiro atoms. The predicted molar refractivity (Wildman–Crippen MR) is 81.1 cm³/mol. The van der Waals surface area contributed by atoms with Crippen molar-refractivity contribution in [2.24, 2.45) is 0 Å². The van der Waals surface area contributed by atoms with E-state index in [-0.39, 0.29) is 36.2 Å². The molecule has 0 saturated carbocycles. The van der Waals surface area contributed by atoms with E-state index in [1.54, 1.807) is 10.9 Å². The number of Topliss-reactive ketones (excluding diaryl/α,β-unsaturated/α-hetero) is 1. The van der Waals surface area contributed by atoms with Gasteiger partial charge in [-0.2, -0.15) is 0 Å². The minimum Gasteiger partial charge on any atom is -0.504 e. The number of phenols is 2. The number of hydrogen-bond donors (Lipinski definition) is 2. The summed E-state index contributed by atoms with van der Waals surface area (Å²) in [5.74, 6) is -0.704. The van der Waals surface area contributed by atoms with Gasteiger partial charge in [0.25, 0.3) is 0 Å². The molecule has 1 heterocycles. The van der Waals surface area contributed by atoms with Gasteiger partial charge in [-0.1, -0.05) is 12.1 Å². The van der Waals surface area contributed by atoms with Crippen LogP contribution in [0, 0.1) is 0 Å². The highest BCUT2D eigenvalue weighted by Gasteiger charge is 2.11. The molecule has 0 amide bonds. The van der Waals surface area contributed by atoms with Gasteiger partial charge in [-0.25, -0.2) is 4.98 Å². The van der Waals surface area contributed by atoms with Crippen molar-refractivity contribution in [3.8, 4) is 11.5 Å². The lowest BCUT2D eigenvalue weighted by Gasteiger charge is -2.05. The molecule has 0 aliphatic heterocycles. The van der Waals surface area contributed by atoms with E-state index < -0.39 is 0 Å². The van der Waals surface area contributed by atoms with Gasteiger partial charge in [0.2, 0.25) is 0 Å². The third-order valence-corrected chi connectivity index (χ3v) is 3.14. The van der Waals surface area contributed by atoms with E-state index in [1.807, 2.05) is 24.3 Å². The number of imidazole rings is 1. The molecule has 2 aromatic carbocycles. The average Bonchev–Trinajstić information content (AvgIpc) is 2.85. The van der Waals surface area contributed by atoms with E-state index in [0.717, 1.165) is 11.0 Å². The van der Waals surface area contributed by atoms with Crippen LogP contribution in [0.15, 0.2) is 48.8 Å². The van der Waals surface area contributed by atoms with Crippen molar-refractivity contribution < 1.29 is 15.0 Å². The van der Waals surface area contributed by atoms with Crippen LogP contribution in [0.1, 0.15) is 10.4 Å². The van der Waals surface area contributed by atoms with Gasteiger partial charge in [0.1, 0.15) is 0 Å². The summed E-state index contributed by atoms with van der Waals surface area (Å²) in [6.07, 6.45) is 1.61. The molecule has 0 radical (unpaired) electrons. The number of para-hydroxylation sites is 2. The minimum absolute atomic E-state index is 0. The Morgan fingerprint density at radius 2 is 1.86 bits per heavy atom. The van der Waals surface area contributed by atoms with E-state index in [0.29, 0.717) is 5.56 Å². The molecule has 0 saturated heterocycles. The first-order valence-corrected chi connectivity index (χ1v) is 6.10. The van der Waals surface area contributed by atoms with Crippen molar-refractivity contribution in [2.45, 2.75) is 6.54 Å². The second kappa shape index (κ2) is 5.85. The lowest BCUT2D eigenvalue weighted by molar-refractivity contribution is 0.0973. The SMILES string of the molecule is Cl.O=C(Cn1cnc2ccccc21)c1ccc(O)c(O)c1. The molecule has 6 heteroatoms. The van der Waals surface area contributed by atoms with Crippen LogP contribution in [0.5, 0.6) is 11.5 Å². The second-order valence-electron chi connectivity index (χ2n) is 4.49. The summed E-state index contributed by atoms with van der Waals surface area (Å²) in [6.45, 7) is 0.130. The van der Waals surface area contributed by atoms with Gasteiger partial charge >= 0.3 is 0 Å². The first-order chi connectivity index (χ1) is 9.65. The molecule has 3 rings (SSSR count). The minimum atomic E-state index is -0.300. The van der Waals surface area contributed by atoms with Crippen molar-refractivity contribution in [1.82, 2.24) is 9.55 Å². The van der Waals surface area contributed by atoms with Crippen molar-refractivity contribution in [1.29, 1.82) is 0 Å². The smallest absolute Gasteiger partial charge is 0.182 e. The predicted octanol–water partition coefficient (Wildman–Crippen LogP) is 2.75. The van der Waals surface area contributed by atoms with Crippen molar-refractivity contribution in [3.05, 3.63) is 54.4 Å². The van der Waals surface area contributed by atoms with Crippen LogP contribution in [0.25, 0.3) is 11.0 Å². The molecule has 21 heavy (non-hydrogen) atoms. The molecule has 1 aromatic heterocycles. The number of aromatic nitrogens is 2. The number of ketones is 1. The number of fused-ring (bicyclic) bond motifs is 1. The van der Waals surface area contributed by atoms with Crippen LogP contribution < -0.4 is 0 Å². The van der Waals surface area contributed by atoms with Crippen LogP contribution in [0.4, 0.5) is 0 Å². The number of carbonyl (C=O) groups is 1. The Balaban J connectivity index is 0.00000161. The third-order valence-electron chi connectivity index (χ3n) is 3.14. The molecule has 0 atom stereocenters. The maximum Gasteiger partial charge on any atom is 0.182 e. The first kappa shape index (κ1) is 14.9. The first-order valence-electron chi connectivity index (χ1n) is 6.10. The van der Waals surface area contributed by atoms with Gasteiger partial charge in [0.05, 0.1) is 23.9 Å². The fourth-order valence-electron chi connectivity index (χ4n) is 2.08. The van der Waals surface area contributed by atoms with Gasteiger partial charge in [0.15, 0.2) is 17.3 Å². The number of phenolic OH excluding ortho intramolecular Hbond substituents is 2. The van der Waals surface area contributed by atoms with Gasteiger partial charge in [-0.05, 0) is 30.3 Å². The van der Waals surface area contributed by atoms with Crippen LogP contribution in [-0.2, 0) is 6.54 Å². The Morgan fingerprint density at radius 1 is 1.10 bits per heavy atom. The summed E-state index contributed by atoms with van der Waals surface area (Å²) in [7, 11) is 0. The van der Waals surface area contributed by atoms with E-state index in [2.05, 4.69) is 4.98 Å². The maximum absolute atomic E-state index is 12.2. The van der Waals surface area contributed by atoms with Crippen LogP contribution >= 0.6 is 12.4 Å². The number of rotatable bonds is 3. The molecule has 0 unspecified atom stereocenters. The monoisotopic (exact) mass is 304 g/mol. The highest BCUT2D eigenvalue weighted by atomic mass is 35.5. The number of carbonyl (C=O) groups excluding carboxylic acids is 1. The number of halogens is 1. The maximum atomic E-state index is 12.2. The van der Waals surface area contributed by atoms with E-state index >= 15 is 0 Å². The Morgan fingerprint density at radius 3 is 2.62 bits per heavy atom. The summed E-state index contributed by atoms with van der Waals surface area (Å²) in [4.78, 5) is 16.4. The van der Waals surface area contributed by atoms with Crippen LogP contribution in [0.2, 0.25) is 0 Å². The Kier molecular flexibility index (Phi) is 4.14. The molecule has 3 aromatic rings. The molecule has 0 aliphatic rings.